The van der Waals surface area contributed by atoms with Crippen LogP contribution in [0.15, 0.2) is 24.3 Å². The van der Waals surface area contributed by atoms with Crippen molar-refractivity contribution in [3.05, 3.63) is 35.4 Å². The molecule has 1 saturated carbocycles. The molecule has 2 rings (SSSR count). The lowest BCUT2D eigenvalue weighted by Crippen LogP contribution is -2.40. The number of hydrogen-bond donors (Lipinski definition) is 2. The summed E-state index contributed by atoms with van der Waals surface area (Å²) in [6.07, 6.45) is 3.31. The monoisotopic (exact) mass is 290 g/mol. The van der Waals surface area contributed by atoms with Crippen LogP contribution in [-0.4, -0.2) is 41.7 Å². The average molecular weight is 290 g/mol. The summed E-state index contributed by atoms with van der Waals surface area (Å²) in [4.78, 5) is 14.2. The molecule has 116 valence electrons. The summed E-state index contributed by atoms with van der Waals surface area (Å²) in [5.41, 5.74) is 2.43. The molecule has 1 aromatic carbocycles. The van der Waals surface area contributed by atoms with E-state index in [9.17, 15) is 4.79 Å². The highest BCUT2D eigenvalue weighted by molar-refractivity contribution is 5.78. The standard InChI is InChI=1S/C17H26N2O2/c1-3-14-4-6-15(7-5-14)13(2)18-17(21)12-19(10-11-20)16-8-9-16/h4-7,13,16,20H,3,8-12H2,1-2H3,(H,18,21). The Morgan fingerprint density at radius 3 is 2.57 bits per heavy atom. The van der Waals surface area contributed by atoms with Gasteiger partial charge in [0.1, 0.15) is 0 Å². The zero-order chi connectivity index (χ0) is 15.2. The Hall–Kier alpha value is -1.39. The molecule has 0 spiro atoms. The van der Waals surface area contributed by atoms with Gasteiger partial charge in [0.15, 0.2) is 0 Å². The van der Waals surface area contributed by atoms with Gasteiger partial charge >= 0.3 is 0 Å². The second-order valence-electron chi connectivity index (χ2n) is 5.81. The molecule has 4 nitrogen and oxygen atoms in total. The van der Waals surface area contributed by atoms with Crippen molar-refractivity contribution in [3.8, 4) is 0 Å². The maximum atomic E-state index is 12.1. The summed E-state index contributed by atoms with van der Waals surface area (Å²) < 4.78 is 0. The number of nitrogens with zero attached hydrogens (tertiary/aromatic N) is 1. The highest BCUT2D eigenvalue weighted by Crippen LogP contribution is 2.26. The van der Waals surface area contributed by atoms with Gasteiger partial charge in [-0.3, -0.25) is 9.69 Å². The van der Waals surface area contributed by atoms with Crippen LogP contribution in [0.4, 0.5) is 0 Å². The predicted molar refractivity (Wildman–Crippen MR) is 84.1 cm³/mol. The summed E-state index contributed by atoms with van der Waals surface area (Å²) in [5, 5.41) is 12.1. The van der Waals surface area contributed by atoms with Gasteiger partial charge in [0, 0.05) is 12.6 Å². The van der Waals surface area contributed by atoms with Crippen molar-refractivity contribution in [2.75, 3.05) is 19.7 Å². The Bertz CT molecular complexity index is 454. The first-order chi connectivity index (χ1) is 10.1. The number of aryl methyl sites for hydroxylation is 1. The summed E-state index contributed by atoms with van der Waals surface area (Å²) >= 11 is 0. The fraction of sp³-hybridized carbons (Fsp3) is 0.588. The normalized spacial score (nSPS) is 16.0. The molecule has 0 aliphatic heterocycles. The Labute approximate surface area is 127 Å². The molecule has 21 heavy (non-hydrogen) atoms. The number of carbonyl (C=O) groups is 1. The maximum absolute atomic E-state index is 12.1. The van der Waals surface area contributed by atoms with Gasteiger partial charge in [0.25, 0.3) is 0 Å². The fourth-order valence-corrected chi connectivity index (χ4v) is 2.56. The molecule has 0 bridgehead atoms. The van der Waals surface area contributed by atoms with Crippen molar-refractivity contribution in [1.29, 1.82) is 0 Å². The second-order valence-corrected chi connectivity index (χ2v) is 5.81. The first-order valence-electron chi connectivity index (χ1n) is 7.87. The molecule has 0 heterocycles. The van der Waals surface area contributed by atoms with Crippen LogP contribution in [0.3, 0.4) is 0 Å². The third-order valence-electron chi connectivity index (χ3n) is 4.06. The van der Waals surface area contributed by atoms with Crippen LogP contribution < -0.4 is 5.32 Å². The van der Waals surface area contributed by atoms with Crippen molar-refractivity contribution < 1.29 is 9.90 Å². The van der Waals surface area contributed by atoms with Gasteiger partial charge in [-0.15, -0.1) is 0 Å². The van der Waals surface area contributed by atoms with E-state index in [1.165, 1.54) is 5.56 Å². The van der Waals surface area contributed by atoms with Gasteiger partial charge < -0.3 is 10.4 Å². The largest absolute Gasteiger partial charge is 0.395 e. The number of amides is 1. The molecular weight excluding hydrogens is 264 g/mol. The van der Waals surface area contributed by atoms with Crippen LogP contribution in [0, 0.1) is 0 Å². The van der Waals surface area contributed by atoms with Crippen molar-refractivity contribution in [3.63, 3.8) is 0 Å². The van der Waals surface area contributed by atoms with Gasteiger partial charge in [-0.25, -0.2) is 0 Å². The molecule has 1 aromatic rings. The molecule has 1 unspecified atom stereocenters. The Morgan fingerprint density at radius 2 is 2.05 bits per heavy atom. The highest BCUT2D eigenvalue weighted by atomic mass is 16.3. The van der Waals surface area contributed by atoms with E-state index in [1.807, 2.05) is 6.92 Å². The zero-order valence-electron chi connectivity index (χ0n) is 13.0. The molecule has 1 fully saturated rings. The van der Waals surface area contributed by atoms with Crippen LogP contribution in [0.5, 0.6) is 0 Å². The van der Waals surface area contributed by atoms with Gasteiger partial charge in [-0.2, -0.15) is 0 Å². The number of nitrogens with one attached hydrogen (secondary N) is 1. The van der Waals surface area contributed by atoms with Crippen LogP contribution in [0.2, 0.25) is 0 Å². The van der Waals surface area contributed by atoms with E-state index in [-0.39, 0.29) is 18.6 Å². The maximum Gasteiger partial charge on any atom is 0.234 e. The van der Waals surface area contributed by atoms with Crippen molar-refractivity contribution >= 4 is 5.91 Å². The van der Waals surface area contributed by atoms with Crippen molar-refractivity contribution in [2.24, 2.45) is 0 Å². The molecule has 1 aliphatic rings. The topological polar surface area (TPSA) is 52.6 Å². The SMILES string of the molecule is CCc1ccc(C(C)NC(=O)CN(CCO)C2CC2)cc1. The number of rotatable bonds is 8. The van der Waals surface area contributed by atoms with Crippen LogP contribution in [0.25, 0.3) is 0 Å². The van der Waals surface area contributed by atoms with E-state index >= 15 is 0 Å². The minimum Gasteiger partial charge on any atom is -0.395 e. The minimum atomic E-state index is 0.0126. The summed E-state index contributed by atoms with van der Waals surface area (Å²) in [6.45, 7) is 5.21. The third-order valence-corrected chi connectivity index (χ3v) is 4.06. The minimum absolute atomic E-state index is 0.0126. The van der Waals surface area contributed by atoms with E-state index < -0.39 is 0 Å². The Morgan fingerprint density at radius 1 is 1.38 bits per heavy atom. The lowest BCUT2D eigenvalue weighted by molar-refractivity contribution is -0.123. The lowest BCUT2D eigenvalue weighted by Gasteiger charge is -2.22. The first kappa shape index (κ1) is 16.0. The molecule has 0 radical (unpaired) electrons. The summed E-state index contributed by atoms with van der Waals surface area (Å²) in [6, 6.07) is 8.88. The molecule has 1 atom stereocenters. The van der Waals surface area contributed by atoms with Gasteiger partial charge in [0.05, 0.1) is 19.2 Å². The van der Waals surface area contributed by atoms with E-state index in [0.717, 1.165) is 24.8 Å². The number of benzene rings is 1. The number of aliphatic hydroxyl groups is 1. The van der Waals surface area contributed by atoms with Gasteiger partial charge in [-0.1, -0.05) is 31.2 Å². The smallest absolute Gasteiger partial charge is 0.234 e. The Kier molecular flexibility index (Phi) is 5.76. The van der Waals surface area contributed by atoms with Crippen LogP contribution in [-0.2, 0) is 11.2 Å². The van der Waals surface area contributed by atoms with Crippen molar-refractivity contribution in [2.45, 2.75) is 45.2 Å². The number of hydrogen-bond acceptors (Lipinski definition) is 3. The van der Waals surface area contributed by atoms with E-state index in [2.05, 4.69) is 41.4 Å². The van der Waals surface area contributed by atoms with Gasteiger partial charge in [0.2, 0.25) is 5.91 Å². The van der Waals surface area contributed by atoms with Crippen LogP contribution >= 0.6 is 0 Å². The molecule has 0 saturated heterocycles. The number of carbonyl (C=O) groups excluding carboxylic acids is 1. The summed E-state index contributed by atoms with van der Waals surface area (Å²) in [7, 11) is 0. The van der Waals surface area contributed by atoms with E-state index in [1.54, 1.807) is 0 Å². The highest BCUT2D eigenvalue weighted by Gasteiger charge is 2.29. The Balaban J connectivity index is 1.85. The molecule has 1 amide bonds. The molecule has 0 aromatic heterocycles. The first-order valence-corrected chi connectivity index (χ1v) is 7.87. The van der Waals surface area contributed by atoms with Gasteiger partial charge in [-0.05, 0) is 37.3 Å². The van der Waals surface area contributed by atoms with E-state index in [4.69, 9.17) is 5.11 Å². The second kappa shape index (κ2) is 7.57. The predicted octanol–water partition coefficient (Wildman–Crippen LogP) is 1.88. The quantitative estimate of drug-likeness (QED) is 0.768. The third kappa shape index (κ3) is 4.83. The lowest BCUT2D eigenvalue weighted by atomic mass is 10.1. The number of aliphatic hydroxyl groups excluding tert-OH is 1. The summed E-state index contributed by atoms with van der Waals surface area (Å²) in [5.74, 6) is 0.0300. The average Bonchev–Trinajstić information content (AvgIpc) is 3.31. The zero-order valence-corrected chi connectivity index (χ0v) is 13.0. The molecular formula is C17H26N2O2. The van der Waals surface area contributed by atoms with Crippen LogP contribution in [0.1, 0.15) is 43.9 Å². The van der Waals surface area contributed by atoms with E-state index in [0.29, 0.717) is 19.1 Å². The molecule has 4 heteroatoms. The fourth-order valence-electron chi connectivity index (χ4n) is 2.56. The molecule has 1 aliphatic carbocycles. The van der Waals surface area contributed by atoms with Crippen molar-refractivity contribution in [1.82, 2.24) is 10.2 Å². The molecule has 2 N–H and O–H groups in total.